The first-order valence-electron chi connectivity index (χ1n) is 11.4. The molecule has 0 saturated carbocycles. The van der Waals surface area contributed by atoms with Gasteiger partial charge in [0.05, 0.1) is 6.61 Å². The highest BCUT2D eigenvalue weighted by atomic mass is 19.1. The summed E-state index contributed by atoms with van der Waals surface area (Å²) in [7, 11) is 1.63. The smallest absolute Gasteiger partial charge is 0.223 e. The van der Waals surface area contributed by atoms with Crippen LogP contribution in [-0.2, 0) is 16.1 Å². The van der Waals surface area contributed by atoms with Crippen LogP contribution in [0.25, 0.3) is 0 Å². The van der Waals surface area contributed by atoms with Crippen LogP contribution >= 0.6 is 0 Å². The van der Waals surface area contributed by atoms with Crippen molar-refractivity contribution in [1.82, 2.24) is 9.80 Å². The molecule has 1 fully saturated rings. The Hall–Kier alpha value is -2.57. The number of ether oxygens (including phenoxy) is 1. The second kappa shape index (κ2) is 12.5. The first-order valence-corrected chi connectivity index (χ1v) is 11.4. The van der Waals surface area contributed by atoms with Crippen LogP contribution in [-0.4, -0.2) is 61.4 Å². The Balaban J connectivity index is 1.48. The Labute approximate surface area is 190 Å². The summed E-state index contributed by atoms with van der Waals surface area (Å²) in [5.41, 5.74) is 1.37. The van der Waals surface area contributed by atoms with Gasteiger partial charge < -0.3 is 9.64 Å². The SMILES string of the molecule is COCCN(CC1CCN(Cc2ccccc2F)CC1)C(=O)CCC(=O)c1ccccc1. The zero-order valence-electron chi connectivity index (χ0n) is 18.8. The monoisotopic (exact) mass is 440 g/mol. The van der Waals surface area contributed by atoms with E-state index in [9.17, 15) is 14.0 Å². The number of ketones is 1. The van der Waals surface area contributed by atoms with E-state index >= 15 is 0 Å². The number of benzene rings is 2. The van der Waals surface area contributed by atoms with Crippen molar-refractivity contribution in [1.29, 1.82) is 0 Å². The van der Waals surface area contributed by atoms with E-state index in [1.54, 1.807) is 25.3 Å². The van der Waals surface area contributed by atoms with Crippen molar-refractivity contribution in [2.75, 3.05) is 39.9 Å². The largest absolute Gasteiger partial charge is 0.383 e. The number of piperidine rings is 1. The number of Topliss-reactive ketones (excluding diaryl/α,β-unsaturated/α-hetero) is 1. The molecule has 0 unspecified atom stereocenters. The number of carbonyl (C=O) groups is 2. The third kappa shape index (κ3) is 7.24. The Kier molecular flexibility index (Phi) is 9.38. The van der Waals surface area contributed by atoms with E-state index in [1.165, 1.54) is 6.07 Å². The van der Waals surface area contributed by atoms with E-state index in [1.807, 2.05) is 35.2 Å². The third-order valence-electron chi connectivity index (χ3n) is 6.12. The zero-order valence-corrected chi connectivity index (χ0v) is 18.8. The van der Waals surface area contributed by atoms with E-state index < -0.39 is 0 Å². The van der Waals surface area contributed by atoms with Gasteiger partial charge in [0, 0.05) is 50.7 Å². The van der Waals surface area contributed by atoms with E-state index in [0.29, 0.717) is 37.7 Å². The molecule has 5 nitrogen and oxygen atoms in total. The molecule has 1 saturated heterocycles. The molecular weight excluding hydrogens is 407 g/mol. The van der Waals surface area contributed by atoms with Crippen LogP contribution in [0.4, 0.5) is 4.39 Å². The molecule has 0 spiro atoms. The molecule has 172 valence electrons. The number of halogens is 1. The zero-order chi connectivity index (χ0) is 22.8. The van der Waals surface area contributed by atoms with Gasteiger partial charge in [-0.1, -0.05) is 48.5 Å². The molecular formula is C26H33FN2O3. The minimum absolute atomic E-state index is 0.000109. The molecule has 0 bridgehead atoms. The van der Waals surface area contributed by atoms with E-state index in [-0.39, 0.29) is 30.3 Å². The maximum Gasteiger partial charge on any atom is 0.223 e. The summed E-state index contributed by atoms with van der Waals surface area (Å²) in [5, 5.41) is 0. The van der Waals surface area contributed by atoms with Crippen LogP contribution in [0.3, 0.4) is 0 Å². The Morgan fingerprint density at radius 3 is 2.41 bits per heavy atom. The highest BCUT2D eigenvalue weighted by Crippen LogP contribution is 2.21. The summed E-state index contributed by atoms with van der Waals surface area (Å²) in [6, 6.07) is 16.0. The number of likely N-dealkylation sites (tertiary alicyclic amines) is 1. The third-order valence-corrected chi connectivity index (χ3v) is 6.12. The summed E-state index contributed by atoms with van der Waals surface area (Å²) in [6.07, 6.45) is 2.36. The van der Waals surface area contributed by atoms with Crippen LogP contribution < -0.4 is 0 Å². The second-order valence-corrected chi connectivity index (χ2v) is 8.43. The predicted molar refractivity (Wildman–Crippen MR) is 123 cm³/mol. The van der Waals surface area contributed by atoms with Gasteiger partial charge >= 0.3 is 0 Å². The summed E-state index contributed by atoms with van der Waals surface area (Å²) in [5.74, 6) is 0.237. The summed E-state index contributed by atoms with van der Waals surface area (Å²) < 4.78 is 19.1. The highest BCUT2D eigenvalue weighted by Gasteiger charge is 2.24. The number of nitrogens with zero attached hydrogens (tertiary/aromatic N) is 2. The summed E-state index contributed by atoms with van der Waals surface area (Å²) in [6.45, 7) is 4.08. The van der Waals surface area contributed by atoms with E-state index in [2.05, 4.69) is 4.90 Å². The fraction of sp³-hybridized carbons (Fsp3) is 0.462. The van der Waals surface area contributed by atoms with Gasteiger partial charge in [-0.2, -0.15) is 0 Å². The molecule has 0 N–H and O–H groups in total. The molecule has 32 heavy (non-hydrogen) atoms. The lowest BCUT2D eigenvalue weighted by atomic mass is 9.95. The number of rotatable bonds is 11. The number of amides is 1. The number of methoxy groups -OCH3 is 1. The minimum Gasteiger partial charge on any atom is -0.383 e. The molecule has 0 aliphatic carbocycles. The molecule has 6 heteroatoms. The van der Waals surface area contributed by atoms with Gasteiger partial charge in [-0.05, 0) is 37.9 Å². The molecule has 1 aliphatic heterocycles. The molecule has 0 atom stereocenters. The lowest BCUT2D eigenvalue weighted by molar-refractivity contribution is -0.132. The minimum atomic E-state index is -0.156. The second-order valence-electron chi connectivity index (χ2n) is 8.43. The molecule has 1 heterocycles. The average molecular weight is 441 g/mol. The van der Waals surface area contributed by atoms with Crippen molar-refractivity contribution in [2.24, 2.45) is 5.92 Å². The van der Waals surface area contributed by atoms with Gasteiger partial charge in [0.15, 0.2) is 5.78 Å². The van der Waals surface area contributed by atoms with Crippen molar-refractivity contribution < 1.29 is 18.7 Å². The molecule has 0 radical (unpaired) electrons. The normalized spacial score (nSPS) is 14.9. The van der Waals surface area contributed by atoms with Crippen LogP contribution in [0.15, 0.2) is 54.6 Å². The van der Waals surface area contributed by atoms with Gasteiger partial charge in [0.1, 0.15) is 5.82 Å². The van der Waals surface area contributed by atoms with Crippen molar-refractivity contribution >= 4 is 11.7 Å². The van der Waals surface area contributed by atoms with Crippen LogP contribution in [0.2, 0.25) is 0 Å². The maximum absolute atomic E-state index is 13.9. The predicted octanol–water partition coefficient (Wildman–Crippen LogP) is 4.18. The number of carbonyl (C=O) groups excluding carboxylic acids is 2. The molecule has 2 aromatic rings. The van der Waals surface area contributed by atoms with Crippen LogP contribution in [0, 0.1) is 11.7 Å². The van der Waals surface area contributed by atoms with E-state index in [4.69, 9.17) is 4.74 Å². The van der Waals surface area contributed by atoms with Gasteiger partial charge in [-0.25, -0.2) is 4.39 Å². The Bertz CT molecular complexity index is 866. The molecule has 0 aromatic heterocycles. The average Bonchev–Trinajstić information content (AvgIpc) is 2.83. The highest BCUT2D eigenvalue weighted by molar-refractivity contribution is 5.97. The van der Waals surface area contributed by atoms with E-state index in [0.717, 1.165) is 31.5 Å². The Morgan fingerprint density at radius 1 is 1.03 bits per heavy atom. The lowest BCUT2D eigenvalue weighted by Crippen LogP contribution is -2.42. The summed E-state index contributed by atoms with van der Waals surface area (Å²) >= 11 is 0. The topological polar surface area (TPSA) is 49.9 Å². The van der Waals surface area contributed by atoms with Crippen molar-refractivity contribution in [2.45, 2.75) is 32.2 Å². The van der Waals surface area contributed by atoms with Gasteiger partial charge in [-0.15, -0.1) is 0 Å². The van der Waals surface area contributed by atoms with Gasteiger partial charge in [0.25, 0.3) is 0 Å². The standard InChI is InChI=1S/C26H33FN2O3/c1-32-18-17-29(26(31)12-11-25(30)22-7-3-2-4-8-22)19-21-13-15-28(16-14-21)20-23-9-5-6-10-24(23)27/h2-10,21H,11-20H2,1H3. The van der Waals surface area contributed by atoms with Crippen LogP contribution in [0.1, 0.15) is 41.6 Å². The maximum atomic E-state index is 13.9. The number of hydrogen-bond acceptors (Lipinski definition) is 4. The van der Waals surface area contributed by atoms with Gasteiger partial charge in [-0.3, -0.25) is 14.5 Å². The first kappa shape index (κ1) is 24.1. The summed E-state index contributed by atoms with van der Waals surface area (Å²) in [4.78, 5) is 29.3. The molecule has 1 aliphatic rings. The van der Waals surface area contributed by atoms with Crippen molar-refractivity contribution in [3.8, 4) is 0 Å². The quantitative estimate of drug-likeness (QED) is 0.492. The van der Waals surface area contributed by atoms with Crippen molar-refractivity contribution in [3.63, 3.8) is 0 Å². The van der Waals surface area contributed by atoms with Crippen molar-refractivity contribution in [3.05, 3.63) is 71.5 Å². The molecule has 2 aromatic carbocycles. The lowest BCUT2D eigenvalue weighted by Gasteiger charge is -2.35. The van der Waals surface area contributed by atoms with Gasteiger partial charge in [0.2, 0.25) is 5.91 Å². The number of hydrogen-bond donors (Lipinski definition) is 0. The molecule has 1 amide bonds. The first-order chi connectivity index (χ1) is 15.6. The molecule has 3 rings (SSSR count). The fourth-order valence-electron chi connectivity index (χ4n) is 4.17. The Morgan fingerprint density at radius 2 is 1.72 bits per heavy atom. The fourth-order valence-corrected chi connectivity index (χ4v) is 4.17. The van der Waals surface area contributed by atoms with Crippen LogP contribution in [0.5, 0.6) is 0 Å².